The van der Waals surface area contributed by atoms with Gasteiger partial charge in [-0.3, -0.25) is 4.79 Å². The summed E-state index contributed by atoms with van der Waals surface area (Å²) >= 11 is 0. The number of benzene rings is 2. The Kier molecular flexibility index (Phi) is 11.2. The molecule has 1 saturated heterocycles. The molecule has 4 nitrogen and oxygen atoms in total. The molecule has 1 heterocycles. The molecule has 0 aliphatic carbocycles. The van der Waals surface area contributed by atoms with Crippen molar-refractivity contribution in [1.29, 1.82) is 0 Å². The van der Waals surface area contributed by atoms with E-state index in [1.54, 1.807) is 18.2 Å². The van der Waals surface area contributed by atoms with Crippen LogP contribution < -0.4 is 0 Å². The zero-order chi connectivity index (χ0) is 23.3. The van der Waals surface area contributed by atoms with Crippen LogP contribution in [0.15, 0.2) is 86.0 Å². The number of hydrogen-bond donors (Lipinski definition) is 1. The van der Waals surface area contributed by atoms with Crippen molar-refractivity contribution in [2.45, 2.75) is 57.7 Å². The van der Waals surface area contributed by atoms with Gasteiger partial charge in [0.05, 0.1) is 17.3 Å². The maximum Gasteiger partial charge on any atom is 0.461 e. The number of carbonyl (C=O) groups is 1. The van der Waals surface area contributed by atoms with Gasteiger partial charge in [0.25, 0.3) is 0 Å². The number of aliphatic hydroxyl groups is 1. The van der Waals surface area contributed by atoms with Crippen molar-refractivity contribution in [2.24, 2.45) is 0 Å². The minimum absolute atomic E-state index is 0.118. The van der Waals surface area contributed by atoms with Gasteiger partial charge in [-0.05, 0) is 39.7 Å². The Labute approximate surface area is 187 Å². The first kappa shape index (κ1) is 26.6. The fourth-order valence-electron chi connectivity index (χ4n) is 2.70. The molecule has 0 spiro atoms. The highest BCUT2D eigenvalue weighted by atomic mass is 16.7. The second-order valence-electron chi connectivity index (χ2n) is 8.19. The van der Waals surface area contributed by atoms with Gasteiger partial charge in [-0.1, -0.05) is 72.8 Å². The average molecular weight is 422 g/mol. The molecule has 0 amide bonds. The van der Waals surface area contributed by atoms with E-state index in [-0.39, 0.29) is 18.3 Å². The third-order valence-electron chi connectivity index (χ3n) is 5.17. The van der Waals surface area contributed by atoms with Crippen LogP contribution in [0, 0.1) is 0 Å². The lowest BCUT2D eigenvalue weighted by Crippen LogP contribution is -2.41. The minimum Gasteiger partial charge on any atom is -0.403 e. The Morgan fingerprint density at radius 2 is 1.39 bits per heavy atom. The zero-order valence-electron chi connectivity index (χ0n) is 19.2. The summed E-state index contributed by atoms with van der Waals surface area (Å²) in [4.78, 5) is 10.0. The van der Waals surface area contributed by atoms with Crippen LogP contribution in [0.25, 0.3) is 0 Å². The van der Waals surface area contributed by atoms with Crippen LogP contribution in [-0.2, 0) is 9.31 Å². The summed E-state index contributed by atoms with van der Waals surface area (Å²) in [6, 6.07) is 18.7. The highest BCUT2D eigenvalue weighted by Crippen LogP contribution is 2.37. The number of aldehydes is 1. The van der Waals surface area contributed by atoms with Gasteiger partial charge in [-0.2, -0.15) is 0 Å². The molecule has 2 aromatic rings. The monoisotopic (exact) mass is 422 g/mol. The number of rotatable bonds is 6. The average Bonchev–Trinajstić information content (AvgIpc) is 2.96. The van der Waals surface area contributed by atoms with Crippen molar-refractivity contribution >= 4 is 13.4 Å². The largest absolute Gasteiger partial charge is 0.461 e. The first-order chi connectivity index (χ1) is 14.7. The molecule has 2 aromatic carbocycles. The smallest absolute Gasteiger partial charge is 0.403 e. The lowest BCUT2D eigenvalue weighted by Gasteiger charge is -2.32. The number of aliphatic hydroxyl groups excluding tert-OH is 1. The van der Waals surface area contributed by atoms with Crippen molar-refractivity contribution < 1.29 is 19.2 Å². The summed E-state index contributed by atoms with van der Waals surface area (Å²) in [6.07, 6.45) is 5.35. The van der Waals surface area contributed by atoms with Gasteiger partial charge in [0.15, 0.2) is 0 Å². The molecule has 0 saturated carbocycles. The van der Waals surface area contributed by atoms with Crippen LogP contribution >= 0.6 is 0 Å². The van der Waals surface area contributed by atoms with E-state index >= 15 is 0 Å². The molecule has 3 rings (SSSR count). The Balaban J connectivity index is 0.000000237. The Morgan fingerprint density at radius 1 is 0.903 bits per heavy atom. The quantitative estimate of drug-likeness (QED) is 0.349. The number of allylic oxidation sites excluding steroid dienone is 1. The predicted octanol–water partition coefficient (Wildman–Crippen LogP) is 6.06. The van der Waals surface area contributed by atoms with Gasteiger partial charge in [-0.15, -0.1) is 13.2 Å². The van der Waals surface area contributed by atoms with Gasteiger partial charge in [0.1, 0.15) is 6.29 Å². The molecular weight excluding hydrogens is 387 g/mol. The van der Waals surface area contributed by atoms with Crippen LogP contribution in [0.5, 0.6) is 0 Å². The van der Waals surface area contributed by atoms with Crippen molar-refractivity contribution in [3.05, 3.63) is 97.1 Å². The molecule has 0 radical (unpaired) electrons. The Morgan fingerprint density at radius 3 is 1.77 bits per heavy atom. The highest BCUT2D eigenvalue weighted by molar-refractivity contribution is 6.46. The summed E-state index contributed by atoms with van der Waals surface area (Å²) < 4.78 is 11.4. The Hall–Kier alpha value is -2.47. The second-order valence-corrected chi connectivity index (χ2v) is 8.19. The van der Waals surface area contributed by atoms with Gasteiger partial charge >= 0.3 is 7.12 Å². The normalized spacial score (nSPS) is 16.6. The maximum absolute atomic E-state index is 10.0. The van der Waals surface area contributed by atoms with E-state index in [1.807, 2.05) is 54.6 Å². The van der Waals surface area contributed by atoms with E-state index in [1.165, 1.54) is 0 Å². The highest BCUT2D eigenvalue weighted by Gasteiger charge is 2.50. The van der Waals surface area contributed by atoms with Crippen LogP contribution in [-0.4, -0.2) is 29.7 Å². The minimum atomic E-state index is -0.395. The molecular formula is C26H35BO4. The van der Waals surface area contributed by atoms with Crippen molar-refractivity contribution in [2.75, 3.05) is 0 Å². The molecule has 31 heavy (non-hydrogen) atoms. The van der Waals surface area contributed by atoms with Gasteiger partial charge in [0, 0.05) is 11.9 Å². The molecule has 0 aromatic heterocycles. The first-order valence-electron chi connectivity index (χ1n) is 10.5. The maximum atomic E-state index is 10.0. The van der Waals surface area contributed by atoms with Crippen LogP contribution in [0.3, 0.4) is 0 Å². The lowest BCUT2D eigenvalue weighted by molar-refractivity contribution is 0.00578. The van der Waals surface area contributed by atoms with Gasteiger partial charge < -0.3 is 14.4 Å². The van der Waals surface area contributed by atoms with Crippen LogP contribution in [0.4, 0.5) is 0 Å². The molecule has 0 bridgehead atoms. The number of hydrogen-bond acceptors (Lipinski definition) is 4. The molecule has 1 unspecified atom stereocenters. The van der Waals surface area contributed by atoms with Crippen molar-refractivity contribution in [1.82, 2.24) is 0 Å². The summed E-state index contributed by atoms with van der Waals surface area (Å²) in [7, 11) is -0.118. The predicted molar refractivity (Wildman–Crippen MR) is 129 cm³/mol. The van der Waals surface area contributed by atoms with Crippen molar-refractivity contribution in [3.63, 3.8) is 0 Å². The molecule has 1 fully saturated rings. The lowest BCUT2D eigenvalue weighted by atomic mass is 9.85. The summed E-state index contributed by atoms with van der Waals surface area (Å²) in [6.45, 7) is 15.4. The molecule has 1 aliphatic rings. The van der Waals surface area contributed by atoms with E-state index < -0.39 is 6.10 Å². The molecule has 5 heteroatoms. The summed E-state index contributed by atoms with van der Waals surface area (Å²) in [5, 5.41) is 9.45. The third kappa shape index (κ3) is 9.05. The first-order valence-corrected chi connectivity index (χ1v) is 10.5. The van der Waals surface area contributed by atoms with Crippen molar-refractivity contribution in [3.8, 4) is 0 Å². The number of carbonyl (C=O) groups excluding carboxylic acids is 1. The molecule has 1 atom stereocenters. The molecule has 1 aliphatic heterocycles. The van der Waals surface area contributed by atoms with Crippen LogP contribution in [0.2, 0.25) is 6.32 Å². The van der Waals surface area contributed by atoms with Crippen LogP contribution in [0.1, 0.15) is 56.1 Å². The standard InChI is InChI=1S/C10H12O.C9H17BO2.C7H6O/c1-2-6-10(11)9-7-4-3-5-8-9;1-6-7-10-11-8(2,3)9(4,5)12-10;8-6-7-4-2-1-3-5-7/h2-5,7-8,10-11H,1,6H2;6H,1,7H2,2-5H3;1-6H. The molecule has 166 valence electrons. The molecule has 1 N–H and O–H groups in total. The zero-order valence-corrected chi connectivity index (χ0v) is 19.2. The van der Waals surface area contributed by atoms with E-state index in [0.29, 0.717) is 6.42 Å². The second kappa shape index (κ2) is 13.1. The topological polar surface area (TPSA) is 55.8 Å². The van der Waals surface area contributed by atoms with E-state index in [9.17, 15) is 9.90 Å². The fourth-order valence-corrected chi connectivity index (χ4v) is 2.70. The summed E-state index contributed by atoms with van der Waals surface area (Å²) in [5.41, 5.74) is 1.27. The fraction of sp³-hybridized carbons (Fsp3) is 0.346. The summed E-state index contributed by atoms with van der Waals surface area (Å²) in [5.74, 6) is 0. The van der Waals surface area contributed by atoms with E-state index in [0.717, 1.165) is 23.7 Å². The third-order valence-corrected chi connectivity index (χ3v) is 5.17. The van der Waals surface area contributed by atoms with Gasteiger partial charge in [0.2, 0.25) is 0 Å². The van der Waals surface area contributed by atoms with E-state index in [4.69, 9.17) is 9.31 Å². The SMILES string of the molecule is C=CCB1OC(C)(C)C(C)(C)O1.C=CCC(O)c1ccccc1.O=Cc1ccccc1. The van der Waals surface area contributed by atoms with Gasteiger partial charge in [-0.25, -0.2) is 0 Å². The Bertz CT molecular complexity index is 772. The van der Waals surface area contributed by atoms with E-state index in [2.05, 4.69) is 40.9 Å².